The van der Waals surface area contributed by atoms with E-state index in [0.29, 0.717) is 35.6 Å². The SMILES string of the molecule is CC/C(=C1/OCCOC1=NC)c1csc(-c2ccc(NC(=O)OC(C)C)cc2Cl)c1. The van der Waals surface area contributed by atoms with Crippen molar-refractivity contribution in [1.82, 2.24) is 0 Å². The van der Waals surface area contributed by atoms with Crippen LogP contribution in [0.5, 0.6) is 0 Å². The van der Waals surface area contributed by atoms with Gasteiger partial charge in [-0.15, -0.1) is 11.3 Å². The van der Waals surface area contributed by atoms with Gasteiger partial charge in [0.2, 0.25) is 0 Å². The average Bonchev–Trinajstić information content (AvgIpc) is 3.18. The Morgan fingerprint density at radius 2 is 2.07 bits per heavy atom. The molecule has 0 bridgehead atoms. The van der Waals surface area contributed by atoms with E-state index in [1.807, 2.05) is 6.07 Å². The summed E-state index contributed by atoms with van der Waals surface area (Å²) < 4.78 is 16.6. The molecule has 1 aromatic carbocycles. The molecule has 0 aliphatic carbocycles. The average molecular weight is 449 g/mol. The van der Waals surface area contributed by atoms with Crippen LogP contribution < -0.4 is 5.32 Å². The number of nitrogens with one attached hydrogen (secondary N) is 1. The van der Waals surface area contributed by atoms with Crippen molar-refractivity contribution < 1.29 is 19.0 Å². The highest BCUT2D eigenvalue weighted by molar-refractivity contribution is 7.13. The molecule has 8 heteroatoms. The molecule has 0 unspecified atom stereocenters. The molecule has 160 valence electrons. The summed E-state index contributed by atoms with van der Waals surface area (Å²) in [7, 11) is 1.70. The highest BCUT2D eigenvalue weighted by atomic mass is 35.5. The zero-order valence-corrected chi connectivity index (χ0v) is 19.0. The lowest BCUT2D eigenvalue weighted by Crippen LogP contribution is -2.23. The summed E-state index contributed by atoms with van der Waals surface area (Å²) >= 11 is 8.10. The number of nitrogens with zero attached hydrogens (tertiary/aromatic N) is 1. The zero-order valence-electron chi connectivity index (χ0n) is 17.5. The lowest BCUT2D eigenvalue weighted by molar-refractivity contribution is 0.118. The summed E-state index contributed by atoms with van der Waals surface area (Å²) in [5.41, 5.74) is 3.57. The molecule has 1 N–H and O–H groups in total. The Bertz CT molecular complexity index is 981. The number of amides is 1. The summed E-state index contributed by atoms with van der Waals surface area (Å²) in [5, 5.41) is 5.31. The number of rotatable bonds is 5. The van der Waals surface area contributed by atoms with E-state index in [9.17, 15) is 4.79 Å². The minimum atomic E-state index is -0.505. The fraction of sp³-hybridized carbons (Fsp3) is 0.364. The van der Waals surface area contributed by atoms with Crippen LogP contribution in [0.3, 0.4) is 0 Å². The molecular weight excluding hydrogens is 424 g/mol. The van der Waals surface area contributed by atoms with Crippen LogP contribution in [-0.4, -0.2) is 38.4 Å². The third kappa shape index (κ3) is 5.15. The second kappa shape index (κ2) is 10.00. The molecule has 1 aliphatic heterocycles. The highest BCUT2D eigenvalue weighted by Gasteiger charge is 2.22. The molecule has 6 nitrogen and oxygen atoms in total. The van der Waals surface area contributed by atoms with Gasteiger partial charge in [0.05, 0.1) is 11.1 Å². The van der Waals surface area contributed by atoms with Crippen LogP contribution in [-0.2, 0) is 14.2 Å². The molecule has 0 spiro atoms. The number of carbonyl (C=O) groups is 1. The third-order valence-electron chi connectivity index (χ3n) is 4.37. The second-order valence-corrected chi connectivity index (χ2v) is 8.18. The number of hydrogen-bond acceptors (Lipinski definition) is 6. The maximum absolute atomic E-state index is 11.8. The number of halogens is 1. The summed E-state index contributed by atoms with van der Waals surface area (Å²) in [4.78, 5) is 17.0. The standard InChI is InChI=1S/C22H25ClN2O4S/c1-5-16(20-21(24-4)28-9-8-27-20)14-10-19(30-12-14)17-7-6-15(11-18(17)23)25-22(26)29-13(2)3/h6-7,10-13H,5,8-9H2,1-4H3,(H,25,26)/b20-16-,24-21?. The summed E-state index contributed by atoms with van der Waals surface area (Å²) in [6, 6.07) is 7.50. The number of thiophene rings is 1. The number of benzene rings is 1. The molecule has 2 heterocycles. The Balaban J connectivity index is 1.86. The maximum Gasteiger partial charge on any atom is 0.411 e. The molecule has 30 heavy (non-hydrogen) atoms. The van der Waals surface area contributed by atoms with E-state index < -0.39 is 6.09 Å². The van der Waals surface area contributed by atoms with Crippen molar-refractivity contribution in [2.45, 2.75) is 33.3 Å². The van der Waals surface area contributed by atoms with Gasteiger partial charge in [0, 0.05) is 28.7 Å². The van der Waals surface area contributed by atoms with Crippen molar-refractivity contribution in [3.05, 3.63) is 46.0 Å². The van der Waals surface area contributed by atoms with E-state index in [0.717, 1.165) is 28.0 Å². The Hall–Kier alpha value is -2.51. The summed E-state index contributed by atoms with van der Waals surface area (Å²) in [5.74, 6) is 1.23. The maximum atomic E-state index is 11.8. The van der Waals surface area contributed by atoms with Crippen molar-refractivity contribution in [2.75, 3.05) is 25.6 Å². The predicted molar refractivity (Wildman–Crippen MR) is 122 cm³/mol. The van der Waals surface area contributed by atoms with Gasteiger partial charge in [0.25, 0.3) is 5.90 Å². The van der Waals surface area contributed by atoms with Gasteiger partial charge in [-0.25, -0.2) is 4.79 Å². The first-order valence-corrected chi connectivity index (χ1v) is 11.0. The molecule has 1 aliphatic rings. The normalized spacial score (nSPS) is 16.8. The zero-order chi connectivity index (χ0) is 21.7. The Morgan fingerprint density at radius 3 is 2.73 bits per heavy atom. The number of allylic oxidation sites excluding steroid dienone is 1. The van der Waals surface area contributed by atoms with E-state index in [1.54, 1.807) is 44.4 Å². The number of carbonyl (C=O) groups excluding carboxylic acids is 1. The second-order valence-electron chi connectivity index (χ2n) is 6.86. The predicted octanol–water partition coefficient (Wildman–Crippen LogP) is 6.22. The van der Waals surface area contributed by atoms with E-state index in [-0.39, 0.29) is 6.10 Å². The van der Waals surface area contributed by atoms with Crippen LogP contribution >= 0.6 is 22.9 Å². The van der Waals surface area contributed by atoms with Crippen molar-refractivity contribution in [2.24, 2.45) is 4.99 Å². The summed E-state index contributed by atoms with van der Waals surface area (Å²) in [6.45, 7) is 6.68. The molecule has 1 amide bonds. The number of hydrogen-bond donors (Lipinski definition) is 1. The summed E-state index contributed by atoms with van der Waals surface area (Å²) in [6.07, 6.45) is 0.0834. The topological polar surface area (TPSA) is 69.2 Å². The van der Waals surface area contributed by atoms with Crippen LogP contribution in [0.25, 0.3) is 16.0 Å². The molecule has 0 radical (unpaired) electrons. The minimum Gasteiger partial charge on any atom is -0.484 e. The Labute approximate surface area is 185 Å². The number of anilines is 1. The van der Waals surface area contributed by atoms with Gasteiger partial charge in [-0.1, -0.05) is 18.5 Å². The van der Waals surface area contributed by atoms with Crippen molar-refractivity contribution in [3.8, 4) is 10.4 Å². The Kier molecular flexibility index (Phi) is 7.39. The van der Waals surface area contributed by atoms with Crippen LogP contribution in [0.15, 0.2) is 40.4 Å². The van der Waals surface area contributed by atoms with E-state index in [2.05, 4.69) is 28.7 Å². The molecule has 2 aromatic rings. The molecule has 0 saturated carbocycles. The van der Waals surface area contributed by atoms with Crippen LogP contribution in [0.1, 0.15) is 32.8 Å². The van der Waals surface area contributed by atoms with Gasteiger partial charge in [0.1, 0.15) is 13.2 Å². The van der Waals surface area contributed by atoms with Crippen LogP contribution in [0, 0.1) is 0 Å². The monoisotopic (exact) mass is 448 g/mol. The molecular formula is C22H25ClN2O4S. The molecule has 1 saturated heterocycles. The number of ether oxygens (including phenoxy) is 3. The van der Waals surface area contributed by atoms with Crippen LogP contribution in [0.4, 0.5) is 10.5 Å². The van der Waals surface area contributed by atoms with Gasteiger partial charge < -0.3 is 14.2 Å². The van der Waals surface area contributed by atoms with Crippen molar-refractivity contribution in [1.29, 1.82) is 0 Å². The molecule has 3 rings (SSSR count). The first-order valence-electron chi connectivity index (χ1n) is 9.75. The van der Waals surface area contributed by atoms with E-state index in [1.165, 1.54) is 0 Å². The molecule has 1 fully saturated rings. The fourth-order valence-electron chi connectivity index (χ4n) is 3.08. The van der Waals surface area contributed by atoms with E-state index >= 15 is 0 Å². The minimum absolute atomic E-state index is 0.192. The first kappa shape index (κ1) is 22.2. The van der Waals surface area contributed by atoms with E-state index in [4.69, 9.17) is 25.8 Å². The lowest BCUT2D eigenvalue weighted by atomic mass is 10.0. The fourth-order valence-corrected chi connectivity index (χ4v) is 4.38. The highest BCUT2D eigenvalue weighted by Crippen LogP contribution is 2.38. The Morgan fingerprint density at radius 1 is 1.30 bits per heavy atom. The third-order valence-corrected chi connectivity index (χ3v) is 5.64. The smallest absolute Gasteiger partial charge is 0.411 e. The van der Waals surface area contributed by atoms with Gasteiger partial charge in [0.15, 0.2) is 5.76 Å². The van der Waals surface area contributed by atoms with Gasteiger partial charge in [-0.2, -0.15) is 0 Å². The molecule has 1 aromatic heterocycles. The van der Waals surface area contributed by atoms with Crippen LogP contribution in [0.2, 0.25) is 5.02 Å². The van der Waals surface area contributed by atoms with Crippen molar-refractivity contribution >= 4 is 46.2 Å². The van der Waals surface area contributed by atoms with Gasteiger partial charge in [-0.3, -0.25) is 10.3 Å². The van der Waals surface area contributed by atoms with Gasteiger partial charge in [-0.05, 0) is 55.5 Å². The first-order chi connectivity index (χ1) is 14.4. The van der Waals surface area contributed by atoms with Gasteiger partial charge >= 0.3 is 6.09 Å². The van der Waals surface area contributed by atoms with Crippen molar-refractivity contribution in [3.63, 3.8) is 0 Å². The number of aliphatic imine (C=N–C) groups is 1. The quantitative estimate of drug-likeness (QED) is 0.589. The lowest BCUT2D eigenvalue weighted by Gasteiger charge is -2.21. The largest absolute Gasteiger partial charge is 0.484 e. The molecule has 0 atom stereocenters.